The van der Waals surface area contributed by atoms with E-state index in [9.17, 15) is 4.79 Å². The first-order valence-electron chi connectivity index (χ1n) is 11.7. The Bertz CT molecular complexity index is 1210. The minimum absolute atomic E-state index is 0.0452. The molecule has 0 spiro atoms. The Hall–Kier alpha value is -3.53. The molecule has 3 aromatic rings. The highest BCUT2D eigenvalue weighted by Gasteiger charge is 2.37. The minimum atomic E-state index is -0.280. The van der Waals surface area contributed by atoms with Crippen molar-refractivity contribution in [1.82, 2.24) is 0 Å². The number of ether oxygens (including phenoxy) is 1. The maximum atomic E-state index is 13.7. The lowest BCUT2D eigenvalue weighted by atomic mass is 9.78. The van der Waals surface area contributed by atoms with Crippen LogP contribution in [0, 0.1) is 6.92 Å². The zero-order valence-electron chi connectivity index (χ0n) is 19.4. The van der Waals surface area contributed by atoms with Gasteiger partial charge in [0.05, 0.1) is 23.5 Å². The van der Waals surface area contributed by atoms with Crippen LogP contribution < -0.4 is 15.4 Å². The number of Topliss-reactive ketones (excluding diaryl/α,β-unsaturated/α-hetero) is 1. The highest BCUT2D eigenvalue weighted by molar-refractivity contribution is 6.01. The number of hydrogen-bond donors (Lipinski definition) is 2. The summed E-state index contributed by atoms with van der Waals surface area (Å²) in [7, 11) is 0. The average Bonchev–Trinajstić information content (AvgIpc) is 2.96. The van der Waals surface area contributed by atoms with Gasteiger partial charge < -0.3 is 15.4 Å². The Morgan fingerprint density at radius 1 is 0.879 bits per heavy atom. The van der Waals surface area contributed by atoms with Crippen LogP contribution in [0.15, 0.2) is 84.1 Å². The molecule has 1 aliphatic heterocycles. The van der Waals surface area contributed by atoms with E-state index in [0.717, 1.165) is 40.4 Å². The van der Waals surface area contributed by atoms with Crippen LogP contribution in [-0.4, -0.2) is 11.9 Å². The van der Waals surface area contributed by atoms with Crippen LogP contribution in [0.4, 0.5) is 11.4 Å². The van der Waals surface area contributed by atoms with Gasteiger partial charge in [-0.2, -0.15) is 0 Å². The van der Waals surface area contributed by atoms with E-state index in [4.69, 9.17) is 4.74 Å². The average molecular weight is 439 g/mol. The molecule has 2 atom stereocenters. The molecule has 1 aliphatic carbocycles. The Balaban J connectivity index is 1.61. The van der Waals surface area contributed by atoms with Gasteiger partial charge in [-0.25, -0.2) is 0 Å². The van der Waals surface area contributed by atoms with Gasteiger partial charge in [0, 0.05) is 23.3 Å². The van der Waals surface area contributed by atoms with Crippen LogP contribution in [0.25, 0.3) is 0 Å². The SMILES string of the molecule is Cc1ccc([C@@H]2CC(=O)C3=C(C2)Nc2ccccc2N[C@H]3c2ccccc2OC(C)C)cc1. The topological polar surface area (TPSA) is 50.4 Å². The van der Waals surface area contributed by atoms with Crippen molar-refractivity contribution >= 4 is 17.2 Å². The van der Waals surface area contributed by atoms with E-state index in [1.54, 1.807) is 0 Å². The first-order chi connectivity index (χ1) is 16.0. The number of hydrogen-bond acceptors (Lipinski definition) is 4. The van der Waals surface area contributed by atoms with Crippen molar-refractivity contribution in [3.05, 3.63) is 101 Å². The van der Waals surface area contributed by atoms with E-state index in [-0.39, 0.29) is 23.8 Å². The fraction of sp³-hybridized carbons (Fsp3) is 0.276. The smallest absolute Gasteiger partial charge is 0.163 e. The maximum absolute atomic E-state index is 13.7. The van der Waals surface area contributed by atoms with Gasteiger partial charge in [-0.3, -0.25) is 4.79 Å². The van der Waals surface area contributed by atoms with E-state index in [1.165, 1.54) is 11.1 Å². The minimum Gasteiger partial charge on any atom is -0.491 e. The maximum Gasteiger partial charge on any atom is 0.163 e. The Labute approximate surface area is 195 Å². The van der Waals surface area contributed by atoms with Gasteiger partial charge >= 0.3 is 0 Å². The number of carbonyl (C=O) groups is 1. The van der Waals surface area contributed by atoms with Crippen LogP contribution >= 0.6 is 0 Å². The van der Waals surface area contributed by atoms with E-state index in [2.05, 4.69) is 60.0 Å². The molecule has 0 bridgehead atoms. The third-order valence-corrected chi connectivity index (χ3v) is 6.45. The van der Waals surface area contributed by atoms with Crippen LogP contribution in [-0.2, 0) is 4.79 Å². The number of anilines is 2. The predicted molar refractivity (Wildman–Crippen MR) is 134 cm³/mol. The van der Waals surface area contributed by atoms with Gasteiger partial charge in [-0.15, -0.1) is 0 Å². The molecular weight excluding hydrogens is 408 g/mol. The summed E-state index contributed by atoms with van der Waals surface area (Å²) in [4.78, 5) is 13.7. The van der Waals surface area contributed by atoms with Crippen LogP contribution in [0.1, 0.15) is 55.3 Å². The summed E-state index contributed by atoms with van der Waals surface area (Å²) in [6.07, 6.45) is 1.35. The summed E-state index contributed by atoms with van der Waals surface area (Å²) in [5.74, 6) is 1.15. The Morgan fingerprint density at radius 2 is 1.58 bits per heavy atom. The highest BCUT2D eigenvalue weighted by atomic mass is 16.5. The van der Waals surface area contributed by atoms with Crippen LogP contribution in [0.2, 0.25) is 0 Å². The number of aryl methyl sites for hydroxylation is 1. The quantitative estimate of drug-likeness (QED) is 0.472. The molecule has 0 radical (unpaired) electrons. The van der Waals surface area contributed by atoms with Gasteiger partial charge in [-0.05, 0) is 56.9 Å². The molecule has 5 rings (SSSR count). The molecule has 0 saturated heterocycles. The Kier molecular flexibility index (Phi) is 5.67. The number of allylic oxidation sites excluding steroid dienone is 1. The second kappa shape index (κ2) is 8.78. The standard InChI is InChI=1S/C29H30N2O2/c1-18(2)33-27-11-7-4-8-22(27)29-28-25(30-23-9-5-6-10-24(23)31-29)16-21(17-26(28)32)20-14-12-19(3)13-15-20/h4-15,18,21,29-31H,16-17H2,1-3H3/t21-,29-/m0/s1. The molecule has 1 heterocycles. The summed E-state index contributed by atoms with van der Waals surface area (Å²) in [6.45, 7) is 6.14. The van der Waals surface area contributed by atoms with Crippen molar-refractivity contribution < 1.29 is 9.53 Å². The first kappa shape index (κ1) is 21.3. The van der Waals surface area contributed by atoms with E-state index in [1.807, 2.05) is 44.2 Å². The number of benzene rings is 3. The molecular formula is C29H30N2O2. The van der Waals surface area contributed by atoms with Crippen molar-refractivity contribution in [2.75, 3.05) is 10.6 Å². The lowest BCUT2D eigenvalue weighted by Crippen LogP contribution is -2.27. The van der Waals surface area contributed by atoms with Gasteiger partial charge in [-0.1, -0.05) is 60.2 Å². The largest absolute Gasteiger partial charge is 0.491 e. The number of fused-ring (bicyclic) bond motifs is 1. The lowest BCUT2D eigenvalue weighted by molar-refractivity contribution is -0.116. The molecule has 33 heavy (non-hydrogen) atoms. The molecule has 2 aliphatic rings. The molecule has 0 fully saturated rings. The summed E-state index contributed by atoms with van der Waals surface area (Å²) in [6, 6.07) is 24.5. The molecule has 0 amide bonds. The van der Waals surface area contributed by atoms with Crippen LogP contribution in [0.3, 0.4) is 0 Å². The molecule has 3 aromatic carbocycles. The van der Waals surface area contributed by atoms with Gasteiger partial charge in [0.2, 0.25) is 0 Å². The van der Waals surface area contributed by atoms with Crippen LogP contribution in [0.5, 0.6) is 5.75 Å². The van der Waals surface area contributed by atoms with Gasteiger partial charge in [0.1, 0.15) is 5.75 Å². The molecule has 4 nitrogen and oxygen atoms in total. The zero-order valence-corrected chi connectivity index (χ0v) is 19.4. The lowest BCUT2D eigenvalue weighted by Gasteiger charge is -2.30. The van der Waals surface area contributed by atoms with E-state index < -0.39 is 0 Å². The number of para-hydroxylation sites is 3. The summed E-state index contributed by atoms with van der Waals surface area (Å²) < 4.78 is 6.15. The summed E-state index contributed by atoms with van der Waals surface area (Å²) >= 11 is 0. The number of rotatable bonds is 4. The third-order valence-electron chi connectivity index (χ3n) is 6.45. The fourth-order valence-corrected chi connectivity index (χ4v) is 4.88. The Morgan fingerprint density at radius 3 is 2.33 bits per heavy atom. The molecule has 168 valence electrons. The number of nitrogens with one attached hydrogen (secondary N) is 2. The van der Waals surface area contributed by atoms with E-state index in [0.29, 0.717) is 6.42 Å². The van der Waals surface area contributed by atoms with Crippen molar-refractivity contribution in [3.63, 3.8) is 0 Å². The fourth-order valence-electron chi connectivity index (χ4n) is 4.88. The highest BCUT2D eigenvalue weighted by Crippen LogP contribution is 2.45. The molecule has 4 heteroatoms. The summed E-state index contributed by atoms with van der Waals surface area (Å²) in [5.41, 5.74) is 7.22. The van der Waals surface area contributed by atoms with Crippen molar-refractivity contribution in [1.29, 1.82) is 0 Å². The van der Waals surface area contributed by atoms with Crippen molar-refractivity contribution in [3.8, 4) is 5.75 Å². The van der Waals surface area contributed by atoms with Gasteiger partial charge in [0.25, 0.3) is 0 Å². The normalized spacial score (nSPS) is 19.8. The molecule has 2 N–H and O–H groups in total. The number of carbonyl (C=O) groups excluding carboxylic acids is 1. The zero-order chi connectivity index (χ0) is 22.9. The predicted octanol–water partition coefficient (Wildman–Crippen LogP) is 6.76. The second-order valence-electron chi connectivity index (χ2n) is 9.28. The molecule has 0 aromatic heterocycles. The van der Waals surface area contributed by atoms with Gasteiger partial charge in [0.15, 0.2) is 5.78 Å². The monoisotopic (exact) mass is 438 g/mol. The third kappa shape index (κ3) is 4.25. The molecule has 0 saturated carbocycles. The van der Waals surface area contributed by atoms with Crippen molar-refractivity contribution in [2.45, 2.75) is 51.7 Å². The second-order valence-corrected chi connectivity index (χ2v) is 9.28. The van der Waals surface area contributed by atoms with E-state index >= 15 is 0 Å². The van der Waals surface area contributed by atoms with Crippen molar-refractivity contribution in [2.24, 2.45) is 0 Å². The first-order valence-corrected chi connectivity index (χ1v) is 11.7. The molecule has 0 unspecified atom stereocenters. The number of ketones is 1. The summed E-state index contributed by atoms with van der Waals surface area (Å²) in [5, 5.41) is 7.28.